The Morgan fingerprint density at radius 3 is 2.30 bits per heavy atom. The molecule has 2 atom stereocenters. The van der Waals surface area contributed by atoms with Crippen LogP contribution in [0.25, 0.3) is 0 Å². The monoisotopic (exact) mass is 375 g/mol. The number of carbonyl (C=O) groups is 2. The van der Waals surface area contributed by atoms with Crippen molar-refractivity contribution in [2.24, 2.45) is 0 Å². The lowest BCUT2D eigenvalue weighted by molar-refractivity contribution is -0.134. The molecule has 27 heavy (non-hydrogen) atoms. The summed E-state index contributed by atoms with van der Waals surface area (Å²) in [5.74, 6) is -1.75. The van der Waals surface area contributed by atoms with Gasteiger partial charge >= 0.3 is 11.9 Å². The smallest absolute Gasteiger partial charge is 0.328 e. The van der Waals surface area contributed by atoms with Crippen molar-refractivity contribution in [2.45, 2.75) is 31.3 Å². The van der Waals surface area contributed by atoms with E-state index >= 15 is 0 Å². The molecule has 2 aliphatic rings. The first-order valence-corrected chi connectivity index (χ1v) is 8.74. The maximum atomic E-state index is 9.55. The predicted molar refractivity (Wildman–Crippen MR) is 101 cm³/mol. The number of aromatic nitrogens is 1. The Hall–Kier alpha value is -2.87. The van der Waals surface area contributed by atoms with E-state index in [1.165, 1.54) is 25.5 Å². The molecule has 8 heteroatoms. The van der Waals surface area contributed by atoms with Gasteiger partial charge in [-0.3, -0.25) is 9.88 Å². The first-order valence-electron chi connectivity index (χ1n) is 8.74. The molecule has 0 spiro atoms. The zero-order valence-electron chi connectivity index (χ0n) is 15.3. The number of pyridine rings is 1. The lowest BCUT2D eigenvalue weighted by Crippen LogP contribution is -2.59. The van der Waals surface area contributed by atoms with Crippen LogP contribution in [0.4, 0.5) is 5.69 Å². The van der Waals surface area contributed by atoms with Crippen molar-refractivity contribution in [1.82, 2.24) is 9.88 Å². The lowest BCUT2D eigenvalue weighted by atomic mass is 9.92. The van der Waals surface area contributed by atoms with Gasteiger partial charge in [0.05, 0.1) is 24.3 Å². The van der Waals surface area contributed by atoms with Crippen molar-refractivity contribution in [2.75, 3.05) is 25.0 Å². The highest BCUT2D eigenvalue weighted by atomic mass is 16.5. The SMILES string of the molecule is C=COc1cncc(N2CC3CCCC(C2)N3C)c1.O=C(O)/C=C/C(=O)O. The number of carboxylic acid groups (broad SMARTS) is 2. The highest BCUT2D eigenvalue weighted by Gasteiger charge is 2.35. The molecular formula is C19H25N3O5. The van der Waals surface area contributed by atoms with Crippen molar-refractivity contribution >= 4 is 17.6 Å². The number of piperidine rings is 1. The van der Waals surface area contributed by atoms with E-state index in [4.69, 9.17) is 14.9 Å². The third kappa shape index (κ3) is 6.10. The van der Waals surface area contributed by atoms with Gasteiger partial charge in [0, 0.05) is 43.4 Å². The first kappa shape index (κ1) is 20.4. The summed E-state index contributed by atoms with van der Waals surface area (Å²) in [6, 6.07) is 3.41. The molecule has 3 rings (SSSR count). The summed E-state index contributed by atoms with van der Waals surface area (Å²) in [5, 5.41) is 15.6. The molecule has 3 heterocycles. The maximum absolute atomic E-state index is 9.55. The molecule has 0 aromatic carbocycles. The average Bonchev–Trinajstić information content (AvgIpc) is 2.61. The van der Waals surface area contributed by atoms with E-state index in [0.717, 1.165) is 24.5 Å². The number of hydrogen-bond donors (Lipinski definition) is 2. The van der Waals surface area contributed by atoms with Gasteiger partial charge in [0.2, 0.25) is 0 Å². The van der Waals surface area contributed by atoms with Crippen LogP contribution in [0.2, 0.25) is 0 Å². The van der Waals surface area contributed by atoms with Crippen LogP contribution in [0.3, 0.4) is 0 Å². The van der Waals surface area contributed by atoms with Gasteiger partial charge in [0.25, 0.3) is 0 Å². The third-order valence-electron chi connectivity index (χ3n) is 4.74. The zero-order chi connectivity index (χ0) is 19.8. The molecule has 0 radical (unpaired) electrons. The quantitative estimate of drug-likeness (QED) is 0.595. The van der Waals surface area contributed by atoms with Crippen molar-refractivity contribution in [3.05, 3.63) is 43.5 Å². The fourth-order valence-electron chi connectivity index (χ4n) is 3.41. The minimum Gasteiger partial charge on any atom is -0.478 e. The van der Waals surface area contributed by atoms with Crippen LogP contribution in [0, 0.1) is 0 Å². The number of aliphatic carboxylic acids is 2. The number of fused-ring (bicyclic) bond motifs is 2. The minimum atomic E-state index is -1.26. The molecule has 2 aliphatic heterocycles. The molecular weight excluding hydrogens is 350 g/mol. The van der Waals surface area contributed by atoms with E-state index in [1.54, 1.807) is 6.20 Å². The largest absolute Gasteiger partial charge is 0.478 e. The molecule has 1 aromatic heterocycles. The summed E-state index contributed by atoms with van der Waals surface area (Å²) in [4.78, 5) is 28.4. The van der Waals surface area contributed by atoms with E-state index in [2.05, 4.69) is 34.5 Å². The van der Waals surface area contributed by atoms with Crippen molar-refractivity contribution in [3.63, 3.8) is 0 Å². The van der Waals surface area contributed by atoms with Crippen LogP contribution in [-0.2, 0) is 9.59 Å². The van der Waals surface area contributed by atoms with Crippen molar-refractivity contribution in [1.29, 1.82) is 0 Å². The number of piperazine rings is 1. The van der Waals surface area contributed by atoms with Gasteiger partial charge < -0.3 is 19.8 Å². The molecule has 0 saturated carbocycles. The van der Waals surface area contributed by atoms with Gasteiger partial charge in [-0.2, -0.15) is 0 Å². The molecule has 146 valence electrons. The Morgan fingerprint density at radius 2 is 1.78 bits per heavy atom. The van der Waals surface area contributed by atoms with E-state index in [-0.39, 0.29) is 0 Å². The Kier molecular flexibility index (Phi) is 7.36. The Bertz CT molecular complexity index is 676. The highest BCUT2D eigenvalue weighted by molar-refractivity contribution is 5.89. The van der Waals surface area contributed by atoms with Gasteiger partial charge in [-0.15, -0.1) is 0 Å². The zero-order valence-corrected chi connectivity index (χ0v) is 15.3. The average molecular weight is 375 g/mol. The van der Waals surface area contributed by atoms with E-state index in [1.807, 2.05) is 6.20 Å². The second kappa shape index (κ2) is 9.72. The fourth-order valence-corrected chi connectivity index (χ4v) is 3.41. The van der Waals surface area contributed by atoms with E-state index in [0.29, 0.717) is 24.2 Å². The van der Waals surface area contributed by atoms with Crippen LogP contribution in [0.1, 0.15) is 19.3 Å². The van der Waals surface area contributed by atoms with Gasteiger partial charge in [0.15, 0.2) is 0 Å². The van der Waals surface area contributed by atoms with Gasteiger partial charge in [0.1, 0.15) is 5.75 Å². The number of anilines is 1. The van der Waals surface area contributed by atoms with Crippen LogP contribution in [0.15, 0.2) is 43.5 Å². The second-order valence-corrected chi connectivity index (χ2v) is 6.48. The number of hydrogen-bond acceptors (Lipinski definition) is 6. The van der Waals surface area contributed by atoms with Gasteiger partial charge in [-0.1, -0.05) is 13.0 Å². The summed E-state index contributed by atoms with van der Waals surface area (Å²) in [6.45, 7) is 5.76. The highest BCUT2D eigenvalue weighted by Crippen LogP contribution is 2.30. The van der Waals surface area contributed by atoms with E-state index in [9.17, 15) is 9.59 Å². The van der Waals surface area contributed by atoms with Crippen molar-refractivity contribution < 1.29 is 24.5 Å². The van der Waals surface area contributed by atoms with E-state index < -0.39 is 11.9 Å². The van der Waals surface area contributed by atoms with Gasteiger partial charge in [-0.05, 0) is 19.9 Å². The number of rotatable bonds is 5. The molecule has 2 fully saturated rings. The Balaban J connectivity index is 0.000000279. The normalized spacial score (nSPS) is 21.9. The molecule has 2 saturated heterocycles. The molecule has 2 N–H and O–H groups in total. The summed E-state index contributed by atoms with van der Waals surface area (Å²) in [5.41, 5.74) is 1.16. The molecule has 8 nitrogen and oxygen atoms in total. The van der Waals surface area contributed by atoms with Crippen molar-refractivity contribution in [3.8, 4) is 5.75 Å². The molecule has 0 aliphatic carbocycles. The van der Waals surface area contributed by atoms with Crippen LogP contribution in [0.5, 0.6) is 5.75 Å². The summed E-state index contributed by atoms with van der Waals surface area (Å²) >= 11 is 0. The Morgan fingerprint density at radius 1 is 1.19 bits per heavy atom. The Labute approximate surface area is 158 Å². The van der Waals surface area contributed by atoms with Crippen LogP contribution >= 0.6 is 0 Å². The number of carboxylic acids is 2. The predicted octanol–water partition coefficient (Wildman–Crippen LogP) is 1.99. The summed E-state index contributed by atoms with van der Waals surface area (Å²) in [6.07, 6.45) is 10.2. The molecule has 2 unspecified atom stereocenters. The maximum Gasteiger partial charge on any atom is 0.328 e. The summed E-state index contributed by atoms with van der Waals surface area (Å²) in [7, 11) is 2.27. The molecule has 1 aromatic rings. The molecule has 0 amide bonds. The van der Waals surface area contributed by atoms with Gasteiger partial charge in [-0.25, -0.2) is 9.59 Å². The number of likely N-dealkylation sites (N-methyl/N-ethyl adjacent to an activating group) is 1. The van der Waals surface area contributed by atoms with Crippen LogP contribution in [-0.4, -0.2) is 64.3 Å². The number of ether oxygens (including phenoxy) is 1. The molecule has 2 bridgehead atoms. The second-order valence-electron chi connectivity index (χ2n) is 6.48. The number of nitrogens with zero attached hydrogens (tertiary/aromatic N) is 3. The third-order valence-corrected chi connectivity index (χ3v) is 4.74. The fraction of sp³-hybridized carbons (Fsp3) is 0.421. The lowest BCUT2D eigenvalue weighted by Gasteiger charge is -2.49. The standard InChI is InChI=1S/C15H21N3O.C4H4O4/c1-3-19-15-7-14(8-16-9-15)18-10-12-5-4-6-13(11-18)17(12)2;5-3(6)1-2-4(7)8/h3,7-9,12-13H,1,4-6,10-11H2,2H3;1-2H,(H,5,6)(H,7,8)/b;2-1+. The van der Waals surface area contributed by atoms with Crippen LogP contribution < -0.4 is 9.64 Å². The topological polar surface area (TPSA) is 103 Å². The minimum absolute atomic E-state index is 0.558. The summed E-state index contributed by atoms with van der Waals surface area (Å²) < 4.78 is 5.32. The first-order chi connectivity index (χ1) is 12.9.